The summed E-state index contributed by atoms with van der Waals surface area (Å²) in [5.41, 5.74) is 23.8. The van der Waals surface area contributed by atoms with Crippen molar-refractivity contribution < 1.29 is 9.13 Å². The molecule has 50 heavy (non-hydrogen) atoms. The minimum absolute atomic E-state index is 0.403. The maximum atomic E-state index is 2.49. The van der Waals surface area contributed by atoms with Crippen LogP contribution in [0.25, 0.3) is 16.5 Å². The zero-order chi connectivity index (χ0) is 35.4. The van der Waals surface area contributed by atoms with Gasteiger partial charge in [-0.15, -0.1) is 0 Å². The van der Waals surface area contributed by atoms with E-state index in [-0.39, 0.29) is 0 Å². The lowest BCUT2D eigenvalue weighted by atomic mass is 9.89. The molecule has 0 bridgehead atoms. The van der Waals surface area contributed by atoms with Crippen molar-refractivity contribution in [3.63, 3.8) is 0 Å². The Bertz CT molecular complexity index is 2310. The van der Waals surface area contributed by atoms with Crippen LogP contribution >= 0.6 is 0 Å². The standard InChI is InChI=1S/C47H53N3/c1-29-23-39(31(3)34(6)48(29)9)26-40-24-30(2)50(35(7)32(40)4)28-38-21-19-37(20-22-38)25-44-33(5)45(42-16-12-11-15-41(42)44)27-46-36(8)49(10)47-18-14-13-17-43(46)47/h11-24,44H,25-28H2,1-10H3/q+2. The molecule has 3 aromatic carbocycles. The van der Waals surface area contributed by atoms with Crippen LogP contribution in [0.3, 0.4) is 0 Å². The van der Waals surface area contributed by atoms with Gasteiger partial charge in [-0.25, -0.2) is 4.57 Å². The summed E-state index contributed by atoms with van der Waals surface area (Å²) in [5.74, 6) is 0.403. The van der Waals surface area contributed by atoms with E-state index in [0.717, 1.165) is 25.8 Å². The van der Waals surface area contributed by atoms with Crippen LogP contribution in [-0.4, -0.2) is 4.57 Å². The van der Waals surface area contributed by atoms with Crippen molar-refractivity contribution in [2.45, 2.75) is 87.1 Å². The molecule has 3 heteroatoms. The lowest BCUT2D eigenvalue weighted by Crippen LogP contribution is -2.42. The lowest BCUT2D eigenvalue weighted by Gasteiger charge is -2.16. The molecule has 1 atom stereocenters. The van der Waals surface area contributed by atoms with Crippen molar-refractivity contribution in [2.24, 2.45) is 14.1 Å². The maximum Gasteiger partial charge on any atom is 0.181 e. The van der Waals surface area contributed by atoms with Crippen molar-refractivity contribution in [3.05, 3.63) is 169 Å². The quantitative estimate of drug-likeness (QED) is 0.144. The molecule has 254 valence electrons. The summed E-state index contributed by atoms with van der Waals surface area (Å²) in [4.78, 5) is 0. The molecular weight excluding hydrogens is 607 g/mol. The molecule has 7 rings (SSSR count). The van der Waals surface area contributed by atoms with Gasteiger partial charge in [0.25, 0.3) is 0 Å². The highest BCUT2D eigenvalue weighted by Gasteiger charge is 2.30. The zero-order valence-corrected chi connectivity index (χ0v) is 31.8. The largest absolute Gasteiger partial charge is 0.348 e. The molecule has 0 saturated heterocycles. The highest BCUT2D eigenvalue weighted by atomic mass is 15.0. The predicted octanol–water partition coefficient (Wildman–Crippen LogP) is 9.44. The van der Waals surface area contributed by atoms with Crippen molar-refractivity contribution in [1.82, 2.24) is 4.57 Å². The van der Waals surface area contributed by atoms with Gasteiger partial charge in [0, 0.05) is 92.5 Å². The highest BCUT2D eigenvalue weighted by Crippen LogP contribution is 2.45. The number of nitrogens with zero attached hydrogens (tertiary/aromatic N) is 3. The summed E-state index contributed by atoms with van der Waals surface area (Å²) in [7, 11) is 4.36. The van der Waals surface area contributed by atoms with Crippen LogP contribution < -0.4 is 9.13 Å². The number of para-hydroxylation sites is 1. The van der Waals surface area contributed by atoms with E-state index in [1.54, 1.807) is 0 Å². The average molecular weight is 660 g/mol. The van der Waals surface area contributed by atoms with Crippen LogP contribution in [0.15, 0.2) is 90.5 Å². The third-order valence-corrected chi connectivity index (χ3v) is 12.4. The van der Waals surface area contributed by atoms with Gasteiger partial charge < -0.3 is 4.57 Å². The third kappa shape index (κ3) is 5.81. The SMILES string of the molecule is CC1=C(Cc2c(C)n(C)c3ccccc23)c2ccccc2C1Cc1ccc(C[n+]2c(C)cc(Cc3cc(C)[n+](C)c(C)c3C)c(C)c2C)cc1. The second-order valence-electron chi connectivity index (χ2n) is 15.0. The fourth-order valence-electron chi connectivity index (χ4n) is 8.59. The van der Waals surface area contributed by atoms with E-state index in [0.29, 0.717) is 5.92 Å². The molecule has 0 N–H and O–H groups in total. The van der Waals surface area contributed by atoms with Crippen molar-refractivity contribution >= 4 is 16.5 Å². The number of rotatable bonds is 8. The maximum absolute atomic E-state index is 2.49. The molecule has 0 radical (unpaired) electrons. The normalized spacial score (nSPS) is 14.2. The van der Waals surface area contributed by atoms with E-state index in [2.05, 4.69) is 168 Å². The second kappa shape index (κ2) is 13.2. The van der Waals surface area contributed by atoms with Gasteiger partial charge in [-0.3, -0.25) is 0 Å². The number of allylic oxidation sites excluding steroid dienone is 2. The summed E-state index contributed by atoms with van der Waals surface area (Å²) >= 11 is 0. The topological polar surface area (TPSA) is 12.7 Å². The number of hydrogen-bond donors (Lipinski definition) is 0. The Labute approximate surface area is 299 Å². The van der Waals surface area contributed by atoms with E-state index in [1.807, 2.05) is 0 Å². The Balaban J connectivity index is 1.11. The van der Waals surface area contributed by atoms with Crippen molar-refractivity contribution in [3.8, 4) is 0 Å². The van der Waals surface area contributed by atoms with Crippen LogP contribution in [0.5, 0.6) is 0 Å². The molecule has 0 amide bonds. The molecule has 3 aromatic heterocycles. The van der Waals surface area contributed by atoms with Crippen LogP contribution in [0, 0.1) is 48.5 Å². The molecule has 1 unspecified atom stereocenters. The minimum atomic E-state index is 0.403. The molecule has 3 heterocycles. The number of pyridine rings is 2. The van der Waals surface area contributed by atoms with Crippen LogP contribution in [0.2, 0.25) is 0 Å². The highest BCUT2D eigenvalue weighted by molar-refractivity contribution is 5.89. The lowest BCUT2D eigenvalue weighted by molar-refractivity contribution is -0.700. The summed E-state index contributed by atoms with van der Waals surface area (Å²) < 4.78 is 7.14. The molecule has 3 nitrogen and oxygen atoms in total. The van der Waals surface area contributed by atoms with Gasteiger partial charge in [-0.1, -0.05) is 72.3 Å². The molecule has 0 saturated carbocycles. The fraction of sp³-hybridized carbons (Fsp3) is 0.319. The first kappa shape index (κ1) is 33.7. The van der Waals surface area contributed by atoms with Gasteiger partial charge in [0.05, 0.1) is 0 Å². The van der Waals surface area contributed by atoms with E-state index in [9.17, 15) is 0 Å². The Morgan fingerprint density at radius 1 is 0.660 bits per heavy atom. The van der Waals surface area contributed by atoms with Gasteiger partial charge in [-0.05, 0) is 85.6 Å². The van der Waals surface area contributed by atoms with E-state index in [1.165, 1.54) is 101 Å². The van der Waals surface area contributed by atoms with Crippen LogP contribution in [-0.2, 0) is 39.9 Å². The number of fused-ring (bicyclic) bond motifs is 2. The number of aryl methyl sites for hydroxylation is 3. The molecular formula is C47H53N3+2. The number of aromatic nitrogens is 3. The van der Waals surface area contributed by atoms with Gasteiger partial charge in [-0.2, -0.15) is 4.57 Å². The van der Waals surface area contributed by atoms with Crippen LogP contribution in [0.4, 0.5) is 0 Å². The second-order valence-corrected chi connectivity index (χ2v) is 15.0. The smallest absolute Gasteiger partial charge is 0.181 e. The summed E-state index contributed by atoms with van der Waals surface area (Å²) in [6, 6.07) is 32.2. The Morgan fingerprint density at radius 2 is 1.28 bits per heavy atom. The predicted molar refractivity (Wildman–Crippen MR) is 208 cm³/mol. The first-order chi connectivity index (χ1) is 23.9. The van der Waals surface area contributed by atoms with Crippen molar-refractivity contribution in [2.75, 3.05) is 0 Å². The Morgan fingerprint density at radius 3 is 2.02 bits per heavy atom. The Kier molecular flexibility index (Phi) is 8.89. The van der Waals surface area contributed by atoms with E-state index < -0.39 is 0 Å². The average Bonchev–Trinajstić information content (AvgIpc) is 3.52. The monoisotopic (exact) mass is 659 g/mol. The summed E-state index contributed by atoms with van der Waals surface area (Å²) in [6.07, 6.45) is 2.97. The first-order valence-electron chi connectivity index (χ1n) is 18.3. The number of benzene rings is 3. The first-order valence-corrected chi connectivity index (χ1v) is 18.3. The van der Waals surface area contributed by atoms with Gasteiger partial charge >= 0.3 is 0 Å². The van der Waals surface area contributed by atoms with Crippen LogP contribution in [0.1, 0.15) is 91.4 Å². The zero-order valence-electron chi connectivity index (χ0n) is 31.8. The molecule has 0 spiro atoms. The fourth-order valence-corrected chi connectivity index (χ4v) is 8.59. The van der Waals surface area contributed by atoms with E-state index >= 15 is 0 Å². The molecule has 0 aliphatic heterocycles. The van der Waals surface area contributed by atoms with Gasteiger partial charge in [0.1, 0.15) is 7.05 Å². The summed E-state index contributed by atoms with van der Waals surface area (Å²) in [6.45, 7) is 19.1. The van der Waals surface area contributed by atoms with E-state index in [4.69, 9.17) is 0 Å². The molecule has 0 fully saturated rings. The Hall–Kier alpha value is -4.76. The molecule has 1 aliphatic rings. The number of hydrogen-bond acceptors (Lipinski definition) is 0. The van der Waals surface area contributed by atoms with Gasteiger partial charge in [0.15, 0.2) is 29.3 Å². The third-order valence-electron chi connectivity index (χ3n) is 12.4. The molecule has 1 aliphatic carbocycles. The van der Waals surface area contributed by atoms with Gasteiger partial charge in [0.2, 0.25) is 0 Å². The molecule has 6 aromatic rings. The minimum Gasteiger partial charge on any atom is -0.348 e. The summed E-state index contributed by atoms with van der Waals surface area (Å²) in [5, 5.41) is 1.38. The van der Waals surface area contributed by atoms with Crippen molar-refractivity contribution in [1.29, 1.82) is 0 Å².